The van der Waals surface area contributed by atoms with E-state index < -0.39 is 12.2 Å². The first kappa shape index (κ1) is 9.92. The van der Waals surface area contributed by atoms with E-state index in [-0.39, 0.29) is 18.8 Å². The molecule has 0 spiro atoms. The van der Waals surface area contributed by atoms with Gasteiger partial charge in [0.1, 0.15) is 6.10 Å². The van der Waals surface area contributed by atoms with Crippen molar-refractivity contribution in [3.63, 3.8) is 0 Å². The van der Waals surface area contributed by atoms with Crippen molar-refractivity contribution in [2.24, 2.45) is 5.92 Å². The van der Waals surface area contributed by atoms with Crippen molar-refractivity contribution in [2.75, 3.05) is 13.7 Å². The van der Waals surface area contributed by atoms with Gasteiger partial charge in [-0.1, -0.05) is 6.92 Å². The molecule has 0 amide bonds. The average molecular weight is 176 g/mol. The molecule has 1 heterocycles. The molecule has 0 aromatic carbocycles. The second-order valence-corrected chi connectivity index (χ2v) is 3.23. The third kappa shape index (κ3) is 1.95. The highest BCUT2D eigenvalue weighted by Crippen LogP contribution is 2.25. The van der Waals surface area contributed by atoms with Gasteiger partial charge in [-0.25, -0.2) is 0 Å². The summed E-state index contributed by atoms with van der Waals surface area (Å²) >= 11 is 0. The highest BCUT2D eigenvalue weighted by molar-refractivity contribution is 4.79. The number of aliphatic hydroxyl groups excluding tert-OH is 2. The summed E-state index contributed by atoms with van der Waals surface area (Å²) in [6.45, 7) is 1.76. The quantitative estimate of drug-likeness (QED) is 0.608. The fourth-order valence-electron chi connectivity index (χ4n) is 1.44. The van der Waals surface area contributed by atoms with Crippen LogP contribution >= 0.6 is 0 Å². The molecule has 4 nitrogen and oxygen atoms in total. The van der Waals surface area contributed by atoms with Crippen LogP contribution in [0.1, 0.15) is 13.3 Å². The third-order valence-electron chi connectivity index (χ3n) is 2.30. The molecular weight excluding hydrogens is 160 g/mol. The van der Waals surface area contributed by atoms with Gasteiger partial charge in [-0.15, -0.1) is 0 Å². The van der Waals surface area contributed by atoms with Gasteiger partial charge in [-0.2, -0.15) is 0 Å². The lowest BCUT2D eigenvalue weighted by Gasteiger charge is -2.36. The molecule has 12 heavy (non-hydrogen) atoms. The van der Waals surface area contributed by atoms with Crippen LogP contribution in [-0.2, 0) is 9.47 Å². The summed E-state index contributed by atoms with van der Waals surface area (Å²) in [5.41, 5.74) is 0. The van der Waals surface area contributed by atoms with E-state index in [1.165, 1.54) is 0 Å². The molecule has 0 aromatic heterocycles. The summed E-state index contributed by atoms with van der Waals surface area (Å²) in [5, 5.41) is 18.4. The monoisotopic (exact) mass is 176 g/mol. The van der Waals surface area contributed by atoms with Crippen LogP contribution in [0.15, 0.2) is 0 Å². The Hall–Kier alpha value is -0.160. The first-order valence-corrected chi connectivity index (χ1v) is 4.16. The van der Waals surface area contributed by atoms with Gasteiger partial charge in [0.25, 0.3) is 0 Å². The minimum absolute atomic E-state index is 0.112. The van der Waals surface area contributed by atoms with Gasteiger partial charge in [0, 0.05) is 13.5 Å². The predicted octanol–water partition coefficient (Wildman–Crippen LogP) is -0.263. The lowest BCUT2D eigenvalue weighted by atomic mass is 9.93. The van der Waals surface area contributed by atoms with Crippen molar-refractivity contribution < 1.29 is 19.7 Å². The Labute approximate surface area is 72.1 Å². The maximum absolute atomic E-state index is 9.51. The van der Waals surface area contributed by atoms with E-state index >= 15 is 0 Å². The van der Waals surface area contributed by atoms with Gasteiger partial charge in [-0.3, -0.25) is 0 Å². The van der Waals surface area contributed by atoms with E-state index in [2.05, 4.69) is 0 Å². The van der Waals surface area contributed by atoms with E-state index in [4.69, 9.17) is 14.6 Å². The minimum atomic E-state index is -0.582. The standard InChI is InChI=1S/C8H16O4/c1-5-3-7(11-2)12-6(4-9)8(5)10/h5-10H,3-4H2,1-2H3/t5?,6-,7?,8+/m1/s1. The van der Waals surface area contributed by atoms with Gasteiger partial charge in [-0.05, 0) is 5.92 Å². The molecule has 1 fully saturated rings. The maximum Gasteiger partial charge on any atom is 0.158 e. The van der Waals surface area contributed by atoms with Crippen LogP contribution < -0.4 is 0 Å². The van der Waals surface area contributed by atoms with Crippen LogP contribution in [0.4, 0.5) is 0 Å². The number of aliphatic hydroxyl groups is 2. The predicted molar refractivity (Wildman–Crippen MR) is 42.5 cm³/mol. The average Bonchev–Trinajstić information content (AvgIpc) is 2.09. The molecule has 72 valence electrons. The molecule has 0 aromatic rings. The first-order chi connectivity index (χ1) is 5.69. The Morgan fingerprint density at radius 1 is 1.58 bits per heavy atom. The zero-order valence-corrected chi connectivity index (χ0v) is 7.43. The van der Waals surface area contributed by atoms with Crippen LogP contribution in [0.25, 0.3) is 0 Å². The fraction of sp³-hybridized carbons (Fsp3) is 1.00. The lowest BCUT2D eigenvalue weighted by Crippen LogP contribution is -2.46. The largest absolute Gasteiger partial charge is 0.394 e. The summed E-state index contributed by atoms with van der Waals surface area (Å²) < 4.78 is 10.2. The molecule has 0 aliphatic carbocycles. The number of methoxy groups -OCH3 is 1. The van der Waals surface area contributed by atoms with Crippen molar-refractivity contribution in [3.8, 4) is 0 Å². The van der Waals surface area contributed by atoms with Crippen molar-refractivity contribution in [3.05, 3.63) is 0 Å². The smallest absolute Gasteiger partial charge is 0.158 e. The zero-order valence-electron chi connectivity index (χ0n) is 7.43. The van der Waals surface area contributed by atoms with Crippen LogP contribution in [0.3, 0.4) is 0 Å². The lowest BCUT2D eigenvalue weighted by molar-refractivity contribution is -0.234. The molecule has 2 N–H and O–H groups in total. The molecule has 0 saturated carbocycles. The molecular formula is C8H16O4. The number of rotatable bonds is 2. The normalized spacial score (nSPS) is 43.0. The summed E-state index contributed by atoms with van der Waals surface area (Å²) in [6, 6.07) is 0. The highest BCUT2D eigenvalue weighted by atomic mass is 16.7. The Morgan fingerprint density at radius 3 is 2.75 bits per heavy atom. The van der Waals surface area contributed by atoms with Gasteiger partial charge < -0.3 is 19.7 Å². The Kier molecular flexibility index (Phi) is 3.46. The second kappa shape index (κ2) is 4.18. The van der Waals surface area contributed by atoms with E-state index in [0.717, 1.165) is 0 Å². The number of hydrogen-bond acceptors (Lipinski definition) is 4. The summed E-state index contributed by atoms with van der Waals surface area (Å²) in [4.78, 5) is 0. The molecule has 1 aliphatic heterocycles. The fourth-order valence-corrected chi connectivity index (χ4v) is 1.44. The Bertz CT molecular complexity index is 139. The van der Waals surface area contributed by atoms with E-state index in [0.29, 0.717) is 6.42 Å². The van der Waals surface area contributed by atoms with Crippen molar-refractivity contribution in [2.45, 2.75) is 31.8 Å². The highest BCUT2D eigenvalue weighted by Gasteiger charge is 2.34. The number of ether oxygens (including phenoxy) is 2. The van der Waals surface area contributed by atoms with Crippen LogP contribution in [0.2, 0.25) is 0 Å². The van der Waals surface area contributed by atoms with E-state index in [9.17, 15) is 5.11 Å². The first-order valence-electron chi connectivity index (χ1n) is 4.16. The second-order valence-electron chi connectivity index (χ2n) is 3.23. The van der Waals surface area contributed by atoms with E-state index in [1.807, 2.05) is 6.92 Å². The topological polar surface area (TPSA) is 58.9 Å². The molecule has 0 radical (unpaired) electrons. The van der Waals surface area contributed by atoms with Crippen LogP contribution in [0.5, 0.6) is 0 Å². The SMILES string of the molecule is COC1CC(C)[C@H](O)[C@@H](CO)O1. The molecule has 4 atom stereocenters. The van der Waals surface area contributed by atoms with Gasteiger partial charge in [0.05, 0.1) is 12.7 Å². The molecule has 4 heteroatoms. The molecule has 0 bridgehead atoms. The van der Waals surface area contributed by atoms with Crippen molar-refractivity contribution in [1.82, 2.24) is 0 Å². The summed E-state index contributed by atoms with van der Waals surface area (Å²) in [7, 11) is 1.56. The van der Waals surface area contributed by atoms with Crippen molar-refractivity contribution >= 4 is 0 Å². The summed E-state index contributed by atoms with van der Waals surface area (Å²) in [5.74, 6) is 0.112. The zero-order chi connectivity index (χ0) is 9.14. The maximum atomic E-state index is 9.51. The van der Waals surface area contributed by atoms with Crippen LogP contribution in [0, 0.1) is 5.92 Å². The number of hydrogen-bond donors (Lipinski definition) is 2. The van der Waals surface area contributed by atoms with E-state index in [1.54, 1.807) is 7.11 Å². The van der Waals surface area contributed by atoms with Gasteiger partial charge in [0.15, 0.2) is 6.29 Å². The Morgan fingerprint density at radius 2 is 2.25 bits per heavy atom. The Balaban J connectivity index is 2.52. The molecule has 1 rings (SSSR count). The van der Waals surface area contributed by atoms with Crippen molar-refractivity contribution in [1.29, 1.82) is 0 Å². The summed E-state index contributed by atoms with van der Waals surface area (Å²) in [6.07, 6.45) is -0.700. The molecule has 1 saturated heterocycles. The molecule has 1 aliphatic rings. The third-order valence-corrected chi connectivity index (χ3v) is 2.30. The van der Waals surface area contributed by atoms with Crippen LogP contribution in [-0.4, -0.2) is 42.4 Å². The minimum Gasteiger partial charge on any atom is -0.394 e. The van der Waals surface area contributed by atoms with Gasteiger partial charge >= 0.3 is 0 Å². The van der Waals surface area contributed by atoms with Gasteiger partial charge in [0.2, 0.25) is 0 Å². The molecule has 2 unspecified atom stereocenters.